The maximum atomic E-state index is 5.63. The molecule has 2 aromatic rings. The first-order chi connectivity index (χ1) is 9.06. The molecule has 0 aliphatic rings. The highest BCUT2D eigenvalue weighted by molar-refractivity contribution is 9.10. The van der Waals surface area contributed by atoms with Crippen molar-refractivity contribution in [3.8, 4) is 11.5 Å². The summed E-state index contributed by atoms with van der Waals surface area (Å²) in [6.45, 7) is 4.22. The molecule has 2 nitrogen and oxygen atoms in total. The van der Waals surface area contributed by atoms with Crippen LogP contribution in [0.15, 0.2) is 45.3 Å². The second-order valence-electron chi connectivity index (χ2n) is 4.27. The summed E-state index contributed by atoms with van der Waals surface area (Å²) in [5.41, 5.74) is 2.30. The van der Waals surface area contributed by atoms with Crippen LogP contribution >= 0.6 is 31.9 Å². The monoisotopic (exact) mass is 384 g/mol. The number of hydrogen-bond donors (Lipinski definition) is 0. The van der Waals surface area contributed by atoms with Crippen molar-refractivity contribution in [2.45, 2.75) is 13.8 Å². The van der Waals surface area contributed by atoms with E-state index in [1.54, 1.807) is 0 Å². The van der Waals surface area contributed by atoms with Gasteiger partial charge >= 0.3 is 0 Å². The van der Waals surface area contributed by atoms with Gasteiger partial charge in [-0.3, -0.25) is 0 Å². The fourth-order valence-corrected chi connectivity index (χ4v) is 2.32. The van der Waals surface area contributed by atoms with Gasteiger partial charge in [0.1, 0.15) is 11.5 Å². The third-order valence-corrected chi connectivity index (χ3v) is 3.91. The number of hydrogen-bond acceptors (Lipinski definition) is 2. The summed E-state index contributed by atoms with van der Waals surface area (Å²) in [5.74, 6) is 1.56. The predicted molar refractivity (Wildman–Crippen MR) is 83.9 cm³/mol. The normalized spacial score (nSPS) is 10.3. The van der Waals surface area contributed by atoms with Crippen LogP contribution in [0.3, 0.4) is 0 Å². The molecule has 0 radical (unpaired) electrons. The Labute approximate surface area is 130 Å². The molecule has 0 spiro atoms. The average molecular weight is 386 g/mol. The largest absolute Gasteiger partial charge is 0.456 e. The third-order valence-electron chi connectivity index (χ3n) is 2.60. The van der Waals surface area contributed by atoms with Crippen LogP contribution in [-0.2, 0) is 0 Å². The second-order valence-corrected chi connectivity index (χ2v) is 5.98. The SMILES string of the molecule is Cc1ccc(Br)c(OCOc2cc(C)ccc2Br)c1. The Kier molecular flexibility index (Phi) is 4.88. The van der Waals surface area contributed by atoms with Gasteiger partial charge in [-0.1, -0.05) is 12.1 Å². The van der Waals surface area contributed by atoms with E-state index in [0.717, 1.165) is 31.6 Å². The van der Waals surface area contributed by atoms with Gasteiger partial charge in [0.05, 0.1) is 8.95 Å². The predicted octanol–water partition coefficient (Wildman–Crippen LogP) is 5.24. The van der Waals surface area contributed by atoms with Crippen LogP contribution in [0.25, 0.3) is 0 Å². The summed E-state index contributed by atoms with van der Waals surface area (Å²) in [6, 6.07) is 11.9. The molecule has 0 aromatic heterocycles. The van der Waals surface area contributed by atoms with Gasteiger partial charge in [-0.05, 0) is 81.1 Å². The van der Waals surface area contributed by atoms with Crippen LogP contribution in [0.5, 0.6) is 11.5 Å². The molecule has 2 rings (SSSR count). The van der Waals surface area contributed by atoms with Gasteiger partial charge in [-0.15, -0.1) is 0 Å². The fourth-order valence-electron chi connectivity index (χ4n) is 1.60. The van der Waals surface area contributed by atoms with E-state index in [1.807, 2.05) is 50.2 Å². The summed E-state index contributed by atoms with van der Waals surface area (Å²) in [4.78, 5) is 0. The molecular formula is C15H14Br2O2. The van der Waals surface area contributed by atoms with Crippen molar-refractivity contribution in [2.75, 3.05) is 6.79 Å². The summed E-state index contributed by atoms with van der Waals surface area (Å²) in [6.07, 6.45) is 0. The molecule has 19 heavy (non-hydrogen) atoms. The van der Waals surface area contributed by atoms with Crippen molar-refractivity contribution >= 4 is 31.9 Å². The van der Waals surface area contributed by atoms with Gasteiger partial charge in [0.2, 0.25) is 6.79 Å². The average Bonchev–Trinajstić information content (AvgIpc) is 2.38. The molecule has 0 atom stereocenters. The minimum atomic E-state index is 0.171. The van der Waals surface area contributed by atoms with Crippen LogP contribution in [0, 0.1) is 13.8 Å². The minimum Gasteiger partial charge on any atom is -0.456 e. The van der Waals surface area contributed by atoms with Crippen LogP contribution in [-0.4, -0.2) is 6.79 Å². The Morgan fingerprint density at radius 1 is 0.789 bits per heavy atom. The van der Waals surface area contributed by atoms with Crippen molar-refractivity contribution in [1.29, 1.82) is 0 Å². The fraction of sp³-hybridized carbons (Fsp3) is 0.200. The van der Waals surface area contributed by atoms with Crippen LogP contribution in [0.2, 0.25) is 0 Å². The highest BCUT2D eigenvalue weighted by Gasteiger charge is 2.04. The molecule has 2 aromatic carbocycles. The lowest BCUT2D eigenvalue weighted by molar-refractivity contribution is 0.118. The second kappa shape index (κ2) is 6.44. The molecule has 0 bridgehead atoms. The summed E-state index contributed by atoms with van der Waals surface area (Å²) in [5, 5.41) is 0. The molecule has 0 unspecified atom stereocenters. The Bertz CT molecular complexity index is 531. The quantitative estimate of drug-likeness (QED) is 0.669. The topological polar surface area (TPSA) is 18.5 Å². The molecule has 0 heterocycles. The van der Waals surface area contributed by atoms with Gasteiger partial charge in [-0.25, -0.2) is 0 Å². The van der Waals surface area contributed by atoms with E-state index in [2.05, 4.69) is 31.9 Å². The minimum absolute atomic E-state index is 0.171. The lowest BCUT2D eigenvalue weighted by atomic mass is 10.2. The van der Waals surface area contributed by atoms with E-state index in [9.17, 15) is 0 Å². The molecule has 0 N–H and O–H groups in total. The molecule has 0 aliphatic heterocycles. The molecule has 0 aliphatic carbocycles. The number of halogens is 2. The lowest BCUT2D eigenvalue weighted by Crippen LogP contribution is -2.06. The van der Waals surface area contributed by atoms with E-state index < -0.39 is 0 Å². The molecule has 0 saturated carbocycles. The maximum absolute atomic E-state index is 5.63. The number of benzene rings is 2. The van der Waals surface area contributed by atoms with Crippen molar-refractivity contribution in [3.63, 3.8) is 0 Å². The number of rotatable bonds is 4. The van der Waals surface area contributed by atoms with Crippen LogP contribution < -0.4 is 9.47 Å². The summed E-state index contributed by atoms with van der Waals surface area (Å²) >= 11 is 6.91. The highest BCUT2D eigenvalue weighted by Crippen LogP contribution is 2.28. The van der Waals surface area contributed by atoms with Crippen LogP contribution in [0.1, 0.15) is 11.1 Å². The zero-order valence-electron chi connectivity index (χ0n) is 10.7. The first-order valence-electron chi connectivity index (χ1n) is 5.84. The van der Waals surface area contributed by atoms with Gasteiger partial charge < -0.3 is 9.47 Å². The van der Waals surface area contributed by atoms with Gasteiger partial charge in [0.15, 0.2) is 0 Å². The summed E-state index contributed by atoms with van der Waals surface area (Å²) in [7, 11) is 0. The van der Waals surface area contributed by atoms with Gasteiger partial charge in [-0.2, -0.15) is 0 Å². The zero-order valence-corrected chi connectivity index (χ0v) is 13.9. The number of ether oxygens (including phenoxy) is 2. The smallest absolute Gasteiger partial charge is 0.231 e. The molecule has 0 fully saturated rings. The van der Waals surface area contributed by atoms with Crippen molar-refractivity contribution < 1.29 is 9.47 Å². The first-order valence-corrected chi connectivity index (χ1v) is 7.43. The van der Waals surface area contributed by atoms with Crippen molar-refractivity contribution in [2.24, 2.45) is 0 Å². The van der Waals surface area contributed by atoms with E-state index in [-0.39, 0.29) is 6.79 Å². The van der Waals surface area contributed by atoms with Crippen LogP contribution in [0.4, 0.5) is 0 Å². The van der Waals surface area contributed by atoms with Gasteiger partial charge in [0, 0.05) is 0 Å². The third kappa shape index (κ3) is 3.98. The molecule has 0 saturated heterocycles. The first kappa shape index (κ1) is 14.4. The highest BCUT2D eigenvalue weighted by atomic mass is 79.9. The van der Waals surface area contributed by atoms with E-state index in [1.165, 1.54) is 0 Å². The molecule has 100 valence electrons. The number of aryl methyl sites for hydroxylation is 2. The Hall–Kier alpha value is -1.00. The molecule has 4 heteroatoms. The van der Waals surface area contributed by atoms with Crippen molar-refractivity contribution in [3.05, 3.63) is 56.5 Å². The zero-order chi connectivity index (χ0) is 13.8. The summed E-state index contributed by atoms with van der Waals surface area (Å²) < 4.78 is 13.1. The standard InChI is InChI=1S/C15H14Br2O2/c1-10-3-5-12(16)14(7-10)18-9-19-15-8-11(2)4-6-13(15)17/h3-8H,9H2,1-2H3. The van der Waals surface area contributed by atoms with Crippen molar-refractivity contribution in [1.82, 2.24) is 0 Å². The molecule has 0 amide bonds. The lowest BCUT2D eigenvalue weighted by Gasteiger charge is -2.12. The maximum Gasteiger partial charge on any atom is 0.231 e. The van der Waals surface area contributed by atoms with E-state index >= 15 is 0 Å². The Morgan fingerprint density at radius 3 is 1.63 bits per heavy atom. The van der Waals surface area contributed by atoms with E-state index in [0.29, 0.717) is 0 Å². The Morgan fingerprint density at radius 2 is 1.21 bits per heavy atom. The molecular weight excluding hydrogens is 372 g/mol. The van der Waals surface area contributed by atoms with Gasteiger partial charge in [0.25, 0.3) is 0 Å². The Balaban J connectivity index is 2.00. The van der Waals surface area contributed by atoms with E-state index in [4.69, 9.17) is 9.47 Å².